The van der Waals surface area contributed by atoms with Gasteiger partial charge in [0.15, 0.2) is 5.78 Å². The number of carbonyl (C=O) groups excluding carboxylic acids is 2. The van der Waals surface area contributed by atoms with Crippen molar-refractivity contribution in [3.63, 3.8) is 0 Å². The normalized spacial score (nSPS) is 31.9. The number of nitrogens with zero attached hydrogens (tertiary/aromatic N) is 1. The monoisotopic (exact) mass is 197 g/mol. The minimum atomic E-state index is -0.888. The molecule has 4 nitrogen and oxygen atoms in total. The fourth-order valence-corrected chi connectivity index (χ4v) is 1.59. The Bertz CT molecular complexity index is 298. The Morgan fingerprint density at radius 1 is 1.64 bits per heavy atom. The standard InChI is InChI=1S/C10H15NO3/c1-7-8(12)5-6-11(3)10(7,2)9(13)14-4/h5-7H,1-4H3/t7-,10-/m0/s1. The predicted octanol–water partition coefficient (Wildman–Crippen LogP) is 0.582. The zero-order valence-electron chi connectivity index (χ0n) is 8.90. The van der Waals surface area contributed by atoms with Crippen LogP contribution in [-0.2, 0) is 14.3 Å². The summed E-state index contributed by atoms with van der Waals surface area (Å²) in [6, 6.07) is 0. The average Bonchev–Trinajstić information content (AvgIpc) is 2.19. The maximum absolute atomic E-state index is 11.6. The van der Waals surface area contributed by atoms with Gasteiger partial charge in [-0.05, 0) is 13.0 Å². The first-order valence-corrected chi connectivity index (χ1v) is 4.48. The summed E-state index contributed by atoms with van der Waals surface area (Å²) in [5.41, 5.74) is -0.888. The third kappa shape index (κ3) is 1.31. The quantitative estimate of drug-likeness (QED) is 0.577. The first-order valence-electron chi connectivity index (χ1n) is 4.48. The second kappa shape index (κ2) is 3.44. The van der Waals surface area contributed by atoms with Crippen LogP contribution in [0, 0.1) is 5.92 Å². The molecule has 0 unspecified atom stereocenters. The van der Waals surface area contributed by atoms with Crippen LogP contribution in [0.5, 0.6) is 0 Å². The Kier molecular flexibility index (Phi) is 2.64. The molecule has 78 valence electrons. The summed E-state index contributed by atoms with van der Waals surface area (Å²) in [6.07, 6.45) is 3.09. The van der Waals surface area contributed by atoms with E-state index in [9.17, 15) is 9.59 Å². The highest BCUT2D eigenvalue weighted by atomic mass is 16.5. The highest BCUT2D eigenvalue weighted by Crippen LogP contribution is 2.29. The largest absolute Gasteiger partial charge is 0.467 e. The molecule has 4 heteroatoms. The van der Waals surface area contributed by atoms with E-state index in [1.54, 1.807) is 32.0 Å². The Hall–Kier alpha value is -1.32. The van der Waals surface area contributed by atoms with Gasteiger partial charge >= 0.3 is 5.97 Å². The molecule has 0 saturated heterocycles. The van der Waals surface area contributed by atoms with E-state index in [0.717, 1.165) is 0 Å². The Labute approximate surface area is 83.5 Å². The third-order valence-corrected chi connectivity index (χ3v) is 3.06. The molecule has 0 aliphatic carbocycles. The molecule has 0 aromatic carbocycles. The van der Waals surface area contributed by atoms with Crippen molar-refractivity contribution in [1.29, 1.82) is 0 Å². The van der Waals surface area contributed by atoms with E-state index in [1.807, 2.05) is 0 Å². The van der Waals surface area contributed by atoms with Gasteiger partial charge in [0.1, 0.15) is 5.54 Å². The molecule has 2 atom stereocenters. The molecular formula is C10H15NO3. The lowest BCUT2D eigenvalue weighted by molar-refractivity contribution is -0.158. The maximum atomic E-state index is 11.6. The van der Waals surface area contributed by atoms with E-state index in [0.29, 0.717) is 0 Å². The average molecular weight is 197 g/mol. The molecule has 14 heavy (non-hydrogen) atoms. The number of methoxy groups -OCH3 is 1. The van der Waals surface area contributed by atoms with Crippen molar-refractivity contribution in [2.24, 2.45) is 5.92 Å². The smallest absolute Gasteiger partial charge is 0.332 e. The van der Waals surface area contributed by atoms with Crippen LogP contribution in [0.2, 0.25) is 0 Å². The predicted molar refractivity (Wildman–Crippen MR) is 51.5 cm³/mol. The van der Waals surface area contributed by atoms with E-state index in [2.05, 4.69) is 0 Å². The lowest BCUT2D eigenvalue weighted by Crippen LogP contribution is -2.57. The molecule has 1 aliphatic heterocycles. The zero-order valence-corrected chi connectivity index (χ0v) is 8.90. The van der Waals surface area contributed by atoms with Crippen molar-refractivity contribution >= 4 is 11.8 Å². The van der Waals surface area contributed by atoms with Gasteiger partial charge in [0.2, 0.25) is 0 Å². The molecule has 1 aliphatic rings. The Morgan fingerprint density at radius 2 is 2.21 bits per heavy atom. The van der Waals surface area contributed by atoms with Crippen LogP contribution in [-0.4, -0.2) is 36.3 Å². The van der Waals surface area contributed by atoms with E-state index in [4.69, 9.17) is 4.74 Å². The van der Waals surface area contributed by atoms with Gasteiger partial charge in [-0.2, -0.15) is 0 Å². The molecular weight excluding hydrogens is 182 g/mol. The molecule has 0 N–H and O–H groups in total. The summed E-state index contributed by atoms with van der Waals surface area (Å²) < 4.78 is 4.72. The van der Waals surface area contributed by atoms with Crippen LogP contribution in [0.3, 0.4) is 0 Å². The zero-order chi connectivity index (χ0) is 10.9. The highest BCUT2D eigenvalue weighted by molar-refractivity contribution is 5.98. The lowest BCUT2D eigenvalue weighted by atomic mass is 9.80. The first-order chi connectivity index (χ1) is 6.44. The number of ether oxygens (including phenoxy) is 1. The fourth-order valence-electron chi connectivity index (χ4n) is 1.59. The molecule has 0 bridgehead atoms. The molecule has 0 spiro atoms. The summed E-state index contributed by atoms with van der Waals surface area (Å²) in [5, 5.41) is 0. The van der Waals surface area contributed by atoms with Crippen LogP contribution in [0.1, 0.15) is 13.8 Å². The molecule has 0 fully saturated rings. The summed E-state index contributed by atoms with van der Waals surface area (Å²) in [4.78, 5) is 24.8. The van der Waals surface area contributed by atoms with Gasteiger partial charge in [0.05, 0.1) is 13.0 Å². The second-order valence-electron chi connectivity index (χ2n) is 3.69. The van der Waals surface area contributed by atoms with Crippen molar-refractivity contribution in [3.8, 4) is 0 Å². The molecule has 1 heterocycles. The fraction of sp³-hybridized carbons (Fsp3) is 0.600. The summed E-state index contributed by atoms with van der Waals surface area (Å²) in [5.74, 6) is -0.814. The first kappa shape index (κ1) is 10.8. The van der Waals surface area contributed by atoms with Crippen molar-refractivity contribution in [2.45, 2.75) is 19.4 Å². The van der Waals surface area contributed by atoms with E-state index < -0.39 is 5.54 Å². The summed E-state index contributed by atoms with van der Waals surface area (Å²) in [7, 11) is 3.09. The number of hydrogen-bond donors (Lipinski definition) is 0. The SMILES string of the molecule is COC(=O)[C@]1(C)[C@@H](C)C(=O)C=CN1C. The van der Waals surface area contributed by atoms with Crippen LogP contribution >= 0.6 is 0 Å². The topological polar surface area (TPSA) is 46.6 Å². The van der Waals surface area contributed by atoms with Gasteiger partial charge in [0, 0.05) is 13.2 Å². The van der Waals surface area contributed by atoms with Gasteiger partial charge < -0.3 is 9.64 Å². The van der Waals surface area contributed by atoms with Crippen molar-refractivity contribution in [1.82, 2.24) is 4.90 Å². The van der Waals surface area contributed by atoms with Gasteiger partial charge in [-0.3, -0.25) is 4.79 Å². The van der Waals surface area contributed by atoms with Crippen molar-refractivity contribution < 1.29 is 14.3 Å². The van der Waals surface area contributed by atoms with Crippen molar-refractivity contribution in [2.75, 3.05) is 14.2 Å². The van der Waals surface area contributed by atoms with Crippen molar-refractivity contribution in [3.05, 3.63) is 12.3 Å². The Balaban J connectivity index is 3.12. The summed E-state index contributed by atoms with van der Waals surface area (Å²) in [6.45, 7) is 3.45. The summed E-state index contributed by atoms with van der Waals surface area (Å²) >= 11 is 0. The minimum absolute atomic E-state index is 0.0454. The lowest BCUT2D eigenvalue weighted by Gasteiger charge is -2.41. The van der Waals surface area contributed by atoms with Crippen LogP contribution < -0.4 is 0 Å². The molecule has 0 aromatic rings. The van der Waals surface area contributed by atoms with Gasteiger partial charge in [-0.25, -0.2) is 4.79 Å². The number of hydrogen-bond acceptors (Lipinski definition) is 4. The van der Waals surface area contributed by atoms with Crippen LogP contribution in [0.25, 0.3) is 0 Å². The molecule has 0 aromatic heterocycles. The number of ketones is 1. The molecule has 0 radical (unpaired) electrons. The number of esters is 1. The van der Waals surface area contributed by atoms with Gasteiger partial charge in [-0.15, -0.1) is 0 Å². The van der Waals surface area contributed by atoms with E-state index in [-0.39, 0.29) is 17.7 Å². The Morgan fingerprint density at radius 3 is 2.71 bits per heavy atom. The second-order valence-corrected chi connectivity index (χ2v) is 3.69. The molecule has 0 amide bonds. The molecule has 1 rings (SSSR count). The maximum Gasteiger partial charge on any atom is 0.332 e. The number of allylic oxidation sites excluding steroid dienone is 1. The molecule has 0 saturated carbocycles. The number of rotatable bonds is 1. The number of likely N-dealkylation sites (N-methyl/N-ethyl adjacent to an activating group) is 1. The van der Waals surface area contributed by atoms with Gasteiger partial charge in [0.25, 0.3) is 0 Å². The highest BCUT2D eigenvalue weighted by Gasteiger charge is 2.47. The third-order valence-electron chi connectivity index (χ3n) is 3.06. The number of carbonyl (C=O) groups is 2. The van der Waals surface area contributed by atoms with Crippen LogP contribution in [0.15, 0.2) is 12.3 Å². The van der Waals surface area contributed by atoms with E-state index in [1.165, 1.54) is 13.2 Å². The minimum Gasteiger partial charge on any atom is -0.467 e. The van der Waals surface area contributed by atoms with Gasteiger partial charge in [-0.1, -0.05) is 6.92 Å². The van der Waals surface area contributed by atoms with Crippen LogP contribution in [0.4, 0.5) is 0 Å². The van der Waals surface area contributed by atoms with E-state index >= 15 is 0 Å².